The van der Waals surface area contributed by atoms with E-state index in [1.807, 2.05) is 36.4 Å². The van der Waals surface area contributed by atoms with Gasteiger partial charge in [0.2, 0.25) is 15.9 Å². The Kier molecular flexibility index (Phi) is 6.74. The predicted molar refractivity (Wildman–Crippen MR) is 114 cm³/mol. The molecule has 0 atom stereocenters. The lowest BCUT2D eigenvalue weighted by Crippen LogP contribution is -2.30. The van der Waals surface area contributed by atoms with Gasteiger partial charge in [0.05, 0.1) is 12.0 Å². The van der Waals surface area contributed by atoms with Gasteiger partial charge in [0, 0.05) is 24.5 Å². The molecule has 3 rings (SSSR count). The molecule has 3 aromatic rings. The Bertz CT molecular complexity index is 1130. The van der Waals surface area contributed by atoms with Gasteiger partial charge in [-0.05, 0) is 52.7 Å². The predicted octanol–water partition coefficient (Wildman–Crippen LogP) is 3.49. The highest BCUT2D eigenvalue weighted by Crippen LogP contribution is 2.22. The molecule has 0 spiro atoms. The highest BCUT2D eigenvalue weighted by atomic mass is 35.5. The largest absolute Gasteiger partial charge is 0.497 e. The van der Waals surface area contributed by atoms with Crippen molar-refractivity contribution in [2.45, 2.75) is 17.9 Å². The molecule has 0 heterocycles. The topological polar surface area (TPSA) is 84.5 Å². The molecular formula is C21H21ClN2O4S. The van der Waals surface area contributed by atoms with Crippen LogP contribution in [-0.2, 0) is 21.4 Å². The maximum atomic E-state index is 12.2. The summed E-state index contributed by atoms with van der Waals surface area (Å²) in [5, 5.41) is 5.23. The Balaban J connectivity index is 1.50. The summed E-state index contributed by atoms with van der Waals surface area (Å²) in [4.78, 5) is 12.1. The number of sulfonamides is 1. The second-order valence-corrected chi connectivity index (χ2v) is 8.63. The van der Waals surface area contributed by atoms with Crippen molar-refractivity contribution in [2.75, 3.05) is 13.7 Å². The maximum Gasteiger partial charge on any atom is 0.240 e. The van der Waals surface area contributed by atoms with Gasteiger partial charge in [-0.2, -0.15) is 0 Å². The zero-order chi connectivity index (χ0) is 20.9. The lowest BCUT2D eigenvalue weighted by atomic mass is 10.1. The summed E-state index contributed by atoms with van der Waals surface area (Å²) in [5.74, 6) is 0.549. The van der Waals surface area contributed by atoms with Gasteiger partial charge in [-0.15, -0.1) is 0 Å². The number of carbonyl (C=O) groups excluding carboxylic acids is 1. The van der Waals surface area contributed by atoms with Crippen LogP contribution in [0, 0.1) is 0 Å². The standard InChI is InChI=1S/C21H21ClN2O4S/c1-28-19-8-7-16-11-15(5-6-17(16)12-19)14-23-21(25)9-10-24-29(26,27)20-4-2-3-18(22)13-20/h2-8,11-13,24H,9-10,14H2,1H3,(H,23,25). The van der Waals surface area contributed by atoms with Crippen molar-refractivity contribution in [3.05, 3.63) is 71.2 Å². The van der Waals surface area contributed by atoms with Crippen LogP contribution in [0.5, 0.6) is 5.75 Å². The van der Waals surface area contributed by atoms with Gasteiger partial charge >= 0.3 is 0 Å². The molecule has 0 aromatic heterocycles. The number of hydrogen-bond acceptors (Lipinski definition) is 4. The van der Waals surface area contributed by atoms with Crippen molar-refractivity contribution in [2.24, 2.45) is 0 Å². The van der Waals surface area contributed by atoms with Crippen molar-refractivity contribution in [1.29, 1.82) is 0 Å². The van der Waals surface area contributed by atoms with E-state index in [1.165, 1.54) is 12.1 Å². The summed E-state index contributed by atoms with van der Waals surface area (Å²) >= 11 is 5.82. The zero-order valence-corrected chi connectivity index (χ0v) is 17.4. The van der Waals surface area contributed by atoms with Crippen LogP contribution in [0.2, 0.25) is 5.02 Å². The maximum absolute atomic E-state index is 12.2. The van der Waals surface area contributed by atoms with Crippen molar-refractivity contribution >= 4 is 38.3 Å². The van der Waals surface area contributed by atoms with Gasteiger partial charge in [0.25, 0.3) is 0 Å². The monoisotopic (exact) mass is 432 g/mol. The summed E-state index contributed by atoms with van der Waals surface area (Å²) in [6.45, 7) is 0.361. The van der Waals surface area contributed by atoms with Gasteiger partial charge in [0.15, 0.2) is 0 Å². The first-order valence-electron chi connectivity index (χ1n) is 8.96. The third-order valence-corrected chi connectivity index (χ3v) is 6.05. The lowest BCUT2D eigenvalue weighted by Gasteiger charge is -2.09. The Morgan fingerprint density at radius 2 is 1.79 bits per heavy atom. The molecule has 0 aliphatic carbocycles. The van der Waals surface area contributed by atoms with Crippen molar-refractivity contribution in [1.82, 2.24) is 10.0 Å². The van der Waals surface area contributed by atoms with Gasteiger partial charge in [-0.25, -0.2) is 13.1 Å². The fraction of sp³-hybridized carbons (Fsp3) is 0.190. The minimum absolute atomic E-state index is 0.00179. The first-order valence-corrected chi connectivity index (χ1v) is 10.8. The number of amides is 1. The van der Waals surface area contributed by atoms with E-state index in [9.17, 15) is 13.2 Å². The van der Waals surface area contributed by atoms with Crippen LogP contribution in [0.25, 0.3) is 10.8 Å². The minimum Gasteiger partial charge on any atom is -0.497 e. The van der Waals surface area contributed by atoms with E-state index in [0.717, 1.165) is 22.1 Å². The SMILES string of the molecule is COc1ccc2cc(CNC(=O)CCNS(=O)(=O)c3cccc(Cl)c3)ccc2c1. The molecule has 6 nitrogen and oxygen atoms in total. The summed E-state index contributed by atoms with van der Waals surface area (Å²) in [6, 6.07) is 17.7. The summed E-state index contributed by atoms with van der Waals surface area (Å²) in [6.07, 6.45) is 0.0323. The van der Waals surface area contributed by atoms with E-state index in [4.69, 9.17) is 16.3 Å². The zero-order valence-electron chi connectivity index (χ0n) is 15.8. The first-order chi connectivity index (χ1) is 13.9. The third-order valence-electron chi connectivity index (χ3n) is 4.35. The van der Waals surface area contributed by atoms with Crippen LogP contribution in [0.4, 0.5) is 0 Å². The molecule has 0 unspecified atom stereocenters. The van der Waals surface area contributed by atoms with E-state index < -0.39 is 10.0 Å². The summed E-state index contributed by atoms with van der Waals surface area (Å²) < 4.78 is 32.0. The van der Waals surface area contributed by atoms with Crippen molar-refractivity contribution in [3.8, 4) is 5.75 Å². The van der Waals surface area contributed by atoms with Crippen LogP contribution >= 0.6 is 11.6 Å². The van der Waals surface area contributed by atoms with Crippen LogP contribution in [-0.4, -0.2) is 28.0 Å². The molecule has 0 radical (unpaired) electrons. The molecule has 3 aromatic carbocycles. The fourth-order valence-electron chi connectivity index (χ4n) is 2.82. The van der Waals surface area contributed by atoms with Gasteiger partial charge in [-0.1, -0.05) is 35.9 Å². The molecule has 0 aliphatic heterocycles. The molecule has 0 fully saturated rings. The minimum atomic E-state index is -3.70. The Labute approximate surface area is 174 Å². The van der Waals surface area contributed by atoms with Crippen LogP contribution in [0.1, 0.15) is 12.0 Å². The van der Waals surface area contributed by atoms with E-state index in [1.54, 1.807) is 19.2 Å². The molecule has 0 saturated heterocycles. The molecule has 1 amide bonds. The second kappa shape index (κ2) is 9.26. The first kappa shape index (κ1) is 21.1. The van der Waals surface area contributed by atoms with E-state index in [2.05, 4.69) is 10.0 Å². The summed E-state index contributed by atoms with van der Waals surface area (Å²) in [7, 11) is -2.08. The van der Waals surface area contributed by atoms with Crippen LogP contribution in [0.15, 0.2) is 65.6 Å². The molecule has 2 N–H and O–H groups in total. The highest BCUT2D eigenvalue weighted by Gasteiger charge is 2.14. The van der Waals surface area contributed by atoms with Gasteiger partial charge in [0.1, 0.15) is 5.75 Å². The normalized spacial score (nSPS) is 11.4. The molecule has 152 valence electrons. The van der Waals surface area contributed by atoms with Gasteiger partial charge < -0.3 is 10.1 Å². The van der Waals surface area contributed by atoms with Crippen LogP contribution in [0.3, 0.4) is 0 Å². The second-order valence-electron chi connectivity index (χ2n) is 6.43. The molecule has 8 heteroatoms. The number of ether oxygens (including phenoxy) is 1. The number of carbonyl (C=O) groups is 1. The molecule has 0 aliphatic rings. The average Bonchev–Trinajstić information content (AvgIpc) is 2.71. The van der Waals surface area contributed by atoms with Crippen molar-refractivity contribution in [3.63, 3.8) is 0 Å². The van der Waals surface area contributed by atoms with Gasteiger partial charge in [-0.3, -0.25) is 4.79 Å². The number of methoxy groups -OCH3 is 1. The number of fused-ring (bicyclic) bond motifs is 1. The number of rotatable bonds is 8. The third kappa shape index (κ3) is 5.69. The lowest BCUT2D eigenvalue weighted by molar-refractivity contribution is -0.121. The Morgan fingerprint density at radius 3 is 2.55 bits per heavy atom. The average molecular weight is 433 g/mol. The van der Waals surface area contributed by atoms with E-state index >= 15 is 0 Å². The summed E-state index contributed by atoms with van der Waals surface area (Å²) in [5.41, 5.74) is 0.954. The quantitative estimate of drug-likeness (QED) is 0.570. The number of halogens is 1. The molecule has 29 heavy (non-hydrogen) atoms. The molecule has 0 bridgehead atoms. The van der Waals surface area contributed by atoms with Crippen molar-refractivity contribution < 1.29 is 17.9 Å². The molecular weight excluding hydrogens is 412 g/mol. The number of nitrogens with one attached hydrogen (secondary N) is 2. The molecule has 0 saturated carbocycles. The number of hydrogen-bond donors (Lipinski definition) is 2. The Morgan fingerprint density at radius 1 is 1.03 bits per heavy atom. The Hall–Kier alpha value is -2.61. The van der Waals surface area contributed by atoms with E-state index in [-0.39, 0.29) is 23.8 Å². The van der Waals surface area contributed by atoms with Crippen LogP contribution < -0.4 is 14.8 Å². The highest BCUT2D eigenvalue weighted by molar-refractivity contribution is 7.89. The smallest absolute Gasteiger partial charge is 0.240 e. The number of benzene rings is 3. The fourth-order valence-corrected chi connectivity index (χ4v) is 4.15. The van der Waals surface area contributed by atoms with E-state index in [0.29, 0.717) is 11.6 Å².